The summed E-state index contributed by atoms with van der Waals surface area (Å²) in [5.74, 6) is 1.48. The second-order valence-corrected chi connectivity index (χ2v) is 6.73. The minimum absolute atomic E-state index is 0.0798. The number of anilines is 1. The number of ether oxygens (including phenoxy) is 2. The van der Waals surface area contributed by atoms with Gasteiger partial charge in [-0.2, -0.15) is 0 Å². The number of benzene rings is 2. The third kappa shape index (κ3) is 5.88. The van der Waals surface area contributed by atoms with Crippen molar-refractivity contribution in [3.05, 3.63) is 59.2 Å². The number of carbonyl (C=O) groups excluding carboxylic acids is 1. The molecule has 0 atom stereocenters. The molecule has 0 spiro atoms. The molecular formula is C24H31NO3. The van der Waals surface area contributed by atoms with Gasteiger partial charge < -0.3 is 15.2 Å². The van der Waals surface area contributed by atoms with Crippen LogP contribution in [0, 0.1) is 0 Å². The van der Waals surface area contributed by atoms with Crippen molar-refractivity contribution in [1.29, 1.82) is 0 Å². The van der Waals surface area contributed by atoms with Crippen molar-refractivity contribution in [2.75, 3.05) is 18.9 Å². The van der Waals surface area contributed by atoms with E-state index in [9.17, 15) is 4.79 Å². The molecule has 4 nitrogen and oxygen atoms in total. The number of rotatable bonds is 11. The number of hydrogen-bond donors (Lipinski definition) is 1. The zero-order chi connectivity index (χ0) is 20.4. The normalized spacial score (nSPS) is 11.0. The Morgan fingerprint density at radius 2 is 1.61 bits per heavy atom. The Kier molecular flexibility index (Phi) is 8.60. The fourth-order valence-electron chi connectivity index (χ4n) is 2.87. The van der Waals surface area contributed by atoms with E-state index in [0.717, 1.165) is 48.3 Å². The lowest BCUT2D eigenvalue weighted by atomic mass is 10.0. The number of hydrogen-bond acceptors (Lipinski definition) is 4. The van der Waals surface area contributed by atoms with Crippen LogP contribution < -0.4 is 15.2 Å². The highest BCUT2D eigenvalue weighted by atomic mass is 16.5. The molecule has 2 N–H and O–H groups in total. The van der Waals surface area contributed by atoms with Gasteiger partial charge in [0.1, 0.15) is 11.5 Å². The minimum atomic E-state index is -0.0798. The third-order valence-electron chi connectivity index (χ3n) is 4.27. The molecule has 0 heterocycles. The lowest BCUT2D eigenvalue weighted by Crippen LogP contribution is -2.05. The first-order chi connectivity index (χ1) is 13.6. The van der Waals surface area contributed by atoms with Crippen LogP contribution in [0.25, 0.3) is 6.08 Å². The molecule has 150 valence electrons. The van der Waals surface area contributed by atoms with Gasteiger partial charge >= 0.3 is 0 Å². The molecule has 0 fully saturated rings. The maximum atomic E-state index is 12.6. The standard InChI is InChI=1S/C24H31NO3/c1-4-7-19-10-15-23(27-16-5-2)21(24(19)28-17-6-3)13-14-22(26)18-8-11-20(25)12-9-18/h8-15H,4-7,16-17,25H2,1-3H3. The highest BCUT2D eigenvalue weighted by Crippen LogP contribution is 2.35. The molecule has 2 aromatic carbocycles. The van der Waals surface area contributed by atoms with Gasteiger partial charge in [-0.3, -0.25) is 4.79 Å². The summed E-state index contributed by atoms with van der Waals surface area (Å²) in [7, 11) is 0. The molecule has 0 saturated heterocycles. The van der Waals surface area contributed by atoms with Crippen LogP contribution in [-0.2, 0) is 6.42 Å². The van der Waals surface area contributed by atoms with E-state index in [4.69, 9.17) is 15.2 Å². The topological polar surface area (TPSA) is 61.5 Å². The molecular weight excluding hydrogens is 350 g/mol. The number of nitrogen functional groups attached to an aromatic ring is 1. The van der Waals surface area contributed by atoms with Gasteiger partial charge in [0.25, 0.3) is 0 Å². The van der Waals surface area contributed by atoms with Gasteiger partial charge in [-0.1, -0.05) is 33.3 Å². The summed E-state index contributed by atoms with van der Waals surface area (Å²) >= 11 is 0. The molecule has 0 aliphatic carbocycles. The van der Waals surface area contributed by atoms with E-state index in [1.807, 2.05) is 12.1 Å². The number of ketones is 1. The Balaban J connectivity index is 2.42. The summed E-state index contributed by atoms with van der Waals surface area (Å²) in [5, 5.41) is 0. The molecule has 0 aliphatic rings. The van der Waals surface area contributed by atoms with Crippen LogP contribution in [0.3, 0.4) is 0 Å². The largest absolute Gasteiger partial charge is 0.493 e. The summed E-state index contributed by atoms with van der Waals surface area (Å²) in [5.41, 5.74) is 8.91. The van der Waals surface area contributed by atoms with Gasteiger partial charge in [-0.15, -0.1) is 0 Å². The number of nitrogens with two attached hydrogens (primary N) is 1. The van der Waals surface area contributed by atoms with Gasteiger partial charge in [-0.25, -0.2) is 0 Å². The smallest absolute Gasteiger partial charge is 0.185 e. The third-order valence-corrected chi connectivity index (χ3v) is 4.27. The van der Waals surface area contributed by atoms with Crippen LogP contribution in [0.2, 0.25) is 0 Å². The molecule has 0 radical (unpaired) electrons. The molecule has 4 heteroatoms. The molecule has 0 bridgehead atoms. The zero-order valence-electron chi connectivity index (χ0n) is 17.2. The molecule has 0 aliphatic heterocycles. The van der Waals surface area contributed by atoms with E-state index in [-0.39, 0.29) is 5.78 Å². The van der Waals surface area contributed by atoms with E-state index < -0.39 is 0 Å². The van der Waals surface area contributed by atoms with Crippen LogP contribution in [0.1, 0.15) is 61.5 Å². The lowest BCUT2D eigenvalue weighted by molar-refractivity contribution is 0.104. The van der Waals surface area contributed by atoms with Crippen molar-refractivity contribution in [2.45, 2.75) is 46.5 Å². The van der Waals surface area contributed by atoms with Crippen molar-refractivity contribution < 1.29 is 14.3 Å². The lowest BCUT2D eigenvalue weighted by Gasteiger charge is -2.17. The van der Waals surface area contributed by atoms with Crippen LogP contribution in [0.4, 0.5) is 5.69 Å². The highest BCUT2D eigenvalue weighted by molar-refractivity contribution is 6.07. The van der Waals surface area contributed by atoms with Crippen molar-refractivity contribution in [1.82, 2.24) is 0 Å². The van der Waals surface area contributed by atoms with Gasteiger partial charge in [-0.05, 0) is 67.3 Å². The monoisotopic (exact) mass is 381 g/mol. The number of carbonyl (C=O) groups is 1. The van der Waals surface area contributed by atoms with Gasteiger partial charge in [0.15, 0.2) is 5.78 Å². The van der Waals surface area contributed by atoms with Gasteiger partial charge in [0.05, 0.1) is 18.8 Å². The molecule has 2 rings (SSSR count). The van der Waals surface area contributed by atoms with Crippen LogP contribution in [0.5, 0.6) is 11.5 Å². The predicted molar refractivity (Wildman–Crippen MR) is 116 cm³/mol. The number of aryl methyl sites for hydroxylation is 1. The van der Waals surface area contributed by atoms with Gasteiger partial charge in [0.2, 0.25) is 0 Å². The van der Waals surface area contributed by atoms with Crippen molar-refractivity contribution in [3.8, 4) is 11.5 Å². The van der Waals surface area contributed by atoms with E-state index in [0.29, 0.717) is 24.5 Å². The summed E-state index contributed by atoms with van der Waals surface area (Å²) in [6.07, 6.45) is 7.15. The minimum Gasteiger partial charge on any atom is -0.493 e. The first kappa shape index (κ1) is 21.5. The molecule has 2 aromatic rings. The van der Waals surface area contributed by atoms with Crippen LogP contribution in [-0.4, -0.2) is 19.0 Å². The maximum Gasteiger partial charge on any atom is 0.185 e. The molecule has 0 amide bonds. The second-order valence-electron chi connectivity index (χ2n) is 6.73. The molecule has 0 saturated carbocycles. The van der Waals surface area contributed by atoms with E-state index in [1.165, 1.54) is 0 Å². The molecule has 0 aromatic heterocycles. The predicted octanol–water partition coefficient (Wildman–Crippen LogP) is 5.70. The summed E-state index contributed by atoms with van der Waals surface area (Å²) < 4.78 is 12.0. The first-order valence-corrected chi connectivity index (χ1v) is 10.1. The molecule has 0 unspecified atom stereocenters. The highest BCUT2D eigenvalue weighted by Gasteiger charge is 2.14. The second kappa shape index (κ2) is 11.2. The summed E-state index contributed by atoms with van der Waals surface area (Å²) in [6, 6.07) is 11.0. The maximum absolute atomic E-state index is 12.6. The Morgan fingerprint density at radius 3 is 2.25 bits per heavy atom. The molecule has 28 heavy (non-hydrogen) atoms. The SMILES string of the molecule is CCCOc1ccc(CCC)c(OCCC)c1C=CC(=O)c1ccc(N)cc1. The van der Waals surface area contributed by atoms with E-state index in [2.05, 4.69) is 26.8 Å². The van der Waals surface area contributed by atoms with E-state index >= 15 is 0 Å². The van der Waals surface area contributed by atoms with E-state index in [1.54, 1.807) is 30.3 Å². The van der Waals surface area contributed by atoms with Gasteiger partial charge in [0, 0.05) is 11.3 Å². The summed E-state index contributed by atoms with van der Waals surface area (Å²) in [6.45, 7) is 7.54. The number of allylic oxidation sites excluding steroid dienone is 1. The summed E-state index contributed by atoms with van der Waals surface area (Å²) in [4.78, 5) is 12.6. The average molecular weight is 382 g/mol. The first-order valence-electron chi connectivity index (χ1n) is 10.1. The van der Waals surface area contributed by atoms with Crippen LogP contribution in [0.15, 0.2) is 42.5 Å². The van der Waals surface area contributed by atoms with Crippen LogP contribution >= 0.6 is 0 Å². The van der Waals surface area contributed by atoms with Crippen molar-refractivity contribution >= 4 is 17.5 Å². The fraction of sp³-hybridized carbons (Fsp3) is 0.375. The Morgan fingerprint density at radius 1 is 0.929 bits per heavy atom. The Bertz CT molecular complexity index is 794. The quantitative estimate of drug-likeness (QED) is 0.308. The Labute approximate surface area is 168 Å². The zero-order valence-corrected chi connectivity index (χ0v) is 17.2. The Hall–Kier alpha value is -2.75. The average Bonchev–Trinajstić information content (AvgIpc) is 2.70. The van der Waals surface area contributed by atoms with Crippen molar-refractivity contribution in [3.63, 3.8) is 0 Å². The fourth-order valence-corrected chi connectivity index (χ4v) is 2.87. The van der Waals surface area contributed by atoms with Crippen molar-refractivity contribution in [2.24, 2.45) is 0 Å².